The van der Waals surface area contributed by atoms with Gasteiger partial charge in [0, 0.05) is 37.0 Å². The van der Waals surface area contributed by atoms with Crippen LogP contribution in [0.4, 0.5) is 11.4 Å². The van der Waals surface area contributed by atoms with Crippen molar-refractivity contribution in [2.24, 2.45) is 7.05 Å². The molecule has 0 fully saturated rings. The summed E-state index contributed by atoms with van der Waals surface area (Å²) in [7, 11) is 1.87. The number of anilines is 1. The standard InChI is InChI=1S/C18H18N4O2/c1-13-8-9-16(17(10-13)22(23)24)19-11-15-12-21(2)20-18(15)14-6-4-3-5-7-14/h3-10,12,19H,11H2,1-2H3. The highest BCUT2D eigenvalue weighted by molar-refractivity contribution is 5.65. The Balaban J connectivity index is 1.88. The predicted octanol–water partition coefficient (Wildman–Crippen LogP) is 3.92. The van der Waals surface area contributed by atoms with Crippen LogP contribution in [0.5, 0.6) is 0 Å². The van der Waals surface area contributed by atoms with Gasteiger partial charge in [-0.25, -0.2) is 0 Å². The zero-order valence-electron chi connectivity index (χ0n) is 13.6. The number of nitro groups is 1. The van der Waals surface area contributed by atoms with Crippen LogP contribution in [0.3, 0.4) is 0 Å². The summed E-state index contributed by atoms with van der Waals surface area (Å²) in [5.74, 6) is 0. The van der Waals surface area contributed by atoms with Crippen molar-refractivity contribution in [3.8, 4) is 11.3 Å². The van der Waals surface area contributed by atoms with E-state index in [1.54, 1.807) is 16.8 Å². The molecule has 0 radical (unpaired) electrons. The largest absolute Gasteiger partial charge is 0.375 e. The number of aryl methyl sites for hydroxylation is 2. The predicted molar refractivity (Wildman–Crippen MR) is 93.8 cm³/mol. The average molecular weight is 322 g/mol. The first-order valence-corrected chi connectivity index (χ1v) is 7.61. The van der Waals surface area contributed by atoms with Crippen LogP contribution in [-0.4, -0.2) is 14.7 Å². The van der Waals surface area contributed by atoms with E-state index in [-0.39, 0.29) is 10.6 Å². The second-order valence-electron chi connectivity index (χ2n) is 5.67. The maximum absolute atomic E-state index is 11.2. The van der Waals surface area contributed by atoms with Crippen LogP contribution < -0.4 is 5.32 Å². The van der Waals surface area contributed by atoms with E-state index in [0.717, 1.165) is 22.4 Å². The van der Waals surface area contributed by atoms with Gasteiger partial charge in [0.1, 0.15) is 5.69 Å². The molecule has 0 saturated heterocycles. The fourth-order valence-corrected chi connectivity index (χ4v) is 2.64. The maximum Gasteiger partial charge on any atom is 0.292 e. The maximum atomic E-state index is 11.2. The number of nitrogens with one attached hydrogen (secondary N) is 1. The summed E-state index contributed by atoms with van der Waals surface area (Å²) < 4.78 is 1.75. The van der Waals surface area contributed by atoms with Crippen molar-refractivity contribution in [2.75, 3.05) is 5.32 Å². The molecule has 0 spiro atoms. The zero-order chi connectivity index (χ0) is 17.1. The third-order valence-electron chi connectivity index (χ3n) is 3.77. The Bertz CT molecular complexity index is 872. The van der Waals surface area contributed by atoms with Crippen LogP contribution in [0.15, 0.2) is 54.7 Å². The highest BCUT2D eigenvalue weighted by atomic mass is 16.6. The molecule has 0 aliphatic heterocycles. The normalized spacial score (nSPS) is 10.6. The van der Waals surface area contributed by atoms with E-state index in [1.807, 2.05) is 56.6 Å². The third kappa shape index (κ3) is 3.27. The van der Waals surface area contributed by atoms with Crippen molar-refractivity contribution in [3.05, 3.63) is 76.0 Å². The highest BCUT2D eigenvalue weighted by Gasteiger charge is 2.15. The molecule has 0 aliphatic rings. The molecule has 3 rings (SSSR count). The Hall–Kier alpha value is -3.15. The van der Waals surface area contributed by atoms with Gasteiger partial charge in [-0.3, -0.25) is 14.8 Å². The molecule has 0 atom stereocenters. The van der Waals surface area contributed by atoms with Gasteiger partial charge in [0.05, 0.1) is 10.6 Å². The first kappa shape index (κ1) is 15.7. The van der Waals surface area contributed by atoms with Crippen LogP contribution in [0.2, 0.25) is 0 Å². The van der Waals surface area contributed by atoms with Crippen molar-refractivity contribution in [1.82, 2.24) is 9.78 Å². The van der Waals surface area contributed by atoms with Gasteiger partial charge in [0.25, 0.3) is 5.69 Å². The van der Waals surface area contributed by atoms with Crippen LogP contribution in [0.1, 0.15) is 11.1 Å². The molecule has 24 heavy (non-hydrogen) atoms. The molecule has 122 valence electrons. The van der Waals surface area contributed by atoms with E-state index in [2.05, 4.69) is 10.4 Å². The summed E-state index contributed by atoms with van der Waals surface area (Å²) in [5.41, 5.74) is 4.33. The monoisotopic (exact) mass is 322 g/mol. The smallest absolute Gasteiger partial charge is 0.292 e. The van der Waals surface area contributed by atoms with E-state index in [9.17, 15) is 10.1 Å². The quantitative estimate of drug-likeness (QED) is 0.571. The molecule has 2 aromatic carbocycles. The van der Waals surface area contributed by atoms with Crippen molar-refractivity contribution in [2.45, 2.75) is 13.5 Å². The Morgan fingerprint density at radius 3 is 2.67 bits per heavy atom. The summed E-state index contributed by atoms with van der Waals surface area (Å²) in [5, 5.41) is 18.9. The fourth-order valence-electron chi connectivity index (χ4n) is 2.64. The van der Waals surface area contributed by atoms with Crippen LogP contribution in [0, 0.1) is 17.0 Å². The van der Waals surface area contributed by atoms with Crippen LogP contribution >= 0.6 is 0 Å². The number of aromatic nitrogens is 2. The highest BCUT2D eigenvalue weighted by Crippen LogP contribution is 2.27. The first-order valence-electron chi connectivity index (χ1n) is 7.61. The molecular formula is C18H18N4O2. The molecule has 0 aliphatic carbocycles. The summed E-state index contributed by atoms with van der Waals surface area (Å²) in [6.45, 7) is 2.30. The lowest BCUT2D eigenvalue weighted by molar-refractivity contribution is -0.384. The van der Waals surface area contributed by atoms with E-state index in [4.69, 9.17) is 0 Å². The van der Waals surface area contributed by atoms with E-state index in [0.29, 0.717) is 12.2 Å². The summed E-state index contributed by atoms with van der Waals surface area (Å²) in [4.78, 5) is 10.9. The van der Waals surface area contributed by atoms with Crippen molar-refractivity contribution in [3.63, 3.8) is 0 Å². The second kappa shape index (κ2) is 6.54. The van der Waals surface area contributed by atoms with Gasteiger partial charge < -0.3 is 5.32 Å². The minimum absolute atomic E-state index is 0.0835. The number of nitro benzene ring substituents is 1. The van der Waals surface area contributed by atoms with Crippen LogP contribution in [0.25, 0.3) is 11.3 Å². The average Bonchev–Trinajstić information content (AvgIpc) is 2.95. The van der Waals surface area contributed by atoms with Gasteiger partial charge in [0.2, 0.25) is 0 Å². The van der Waals surface area contributed by atoms with Gasteiger partial charge in [-0.2, -0.15) is 5.10 Å². The summed E-state index contributed by atoms with van der Waals surface area (Å²) >= 11 is 0. The molecule has 1 N–H and O–H groups in total. The lowest BCUT2D eigenvalue weighted by Gasteiger charge is -2.08. The van der Waals surface area contributed by atoms with Gasteiger partial charge in [-0.1, -0.05) is 36.4 Å². The van der Waals surface area contributed by atoms with Gasteiger partial charge in [-0.05, 0) is 18.6 Å². The van der Waals surface area contributed by atoms with Crippen molar-refractivity contribution >= 4 is 11.4 Å². The van der Waals surface area contributed by atoms with Crippen molar-refractivity contribution in [1.29, 1.82) is 0 Å². The van der Waals surface area contributed by atoms with E-state index < -0.39 is 0 Å². The molecule has 6 nitrogen and oxygen atoms in total. The Kier molecular flexibility index (Phi) is 4.29. The Morgan fingerprint density at radius 1 is 1.21 bits per heavy atom. The first-order chi connectivity index (χ1) is 11.5. The molecule has 1 aromatic heterocycles. The number of hydrogen-bond acceptors (Lipinski definition) is 4. The molecule has 0 bridgehead atoms. The van der Waals surface area contributed by atoms with Crippen LogP contribution in [-0.2, 0) is 13.6 Å². The van der Waals surface area contributed by atoms with E-state index >= 15 is 0 Å². The molecular weight excluding hydrogens is 304 g/mol. The van der Waals surface area contributed by atoms with Gasteiger partial charge in [-0.15, -0.1) is 0 Å². The molecule has 1 heterocycles. The lowest BCUT2D eigenvalue weighted by Crippen LogP contribution is -2.03. The molecule has 0 amide bonds. The number of hydrogen-bond donors (Lipinski definition) is 1. The van der Waals surface area contributed by atoms with Crippen molar-refractivity contribution < 1.29 is 4.92 Å². The summed E-state index contributed by atoms with van der Waals surface area (Å²) in [6, 6.07) is 15.1. The summed E-state index contributed by atoms with van der Waals surface area (Å²) in [6.07, 6.45) is 1.93. The molecule has 0 unspecified atom stereocenters. The number of benzene rings is 2. The fraction of sp³-hybridized carbons (Fsp3) is 0.167. The SMILES string of the molecule is Cc1ccc(NCc2cn(C)nc2-c2ccccc2)c([N+](=O)[O-])c1. The van der Waals surface area contributed by atoms with E-state index in [1.165, 1.54) is 0 Å². The minimum Gasteiger partial charge on any atom is -0.375 e. The Morgan fingerprint density at radius 2 is 1.96 bits per heavy atom. The minimum atomic E-state index is -0.364. The molecule has 6 heteroatoms. The number of nitrogens with zero attached hydrogens (tertiary/aromatic N) is 3. The Labute approximate surface area is 139 Å². The second-order valence-corrected chi connectivity index (χ2v) is 5.67. The lowest BCUT2D eigenvalue weighted by atomic mass is 10.1. The van der Waals surface area contributed by atoms with Gasteiger partial charge in [0.15, 0.2) is 0 Å². The number of rotatable bonds is 5. The third-order valence-corrected chi connectivity index (χ3v) is 3.77. The van der Waals surface area contributed by atoms with Gasteiger partial charge >= 0.3 is 0 Å². The zero-order valence-corrected chi connectivity index (χ0v) is 13.6. The topological polar surface area (TPSA) is 73.0 Å². The molecule has 0 saturated carbocycles. The molecule has 3 aromatic rings.